The standard InChI is InChI=1S/C8H15N3OS/c1-12-4-2-3-7(11-9)8-5-13-6-10-8/h5-7,11H,2-4,9H2,1H3. The lowest BCUT2D eigenvalue weighted by molar-refractivity contribution is 0.188. The summed E-state index contributed by atoms with van der Waals surface area (Å²) in [6, 6.07) is 0.154. The van der Waals surface area contributed by atoms with Gasteiger partial charge in [-0.15, -0.1) is 11.3 Å². The van der Waals surface area contributed by atoms with Crippen LogP contribution in [0.25, 0.3) is 0 Å². The van der Waals surface area contributed by atoms with Gasteiger partial charge in [0.05, 0.1) is 17.2 Å². The Kier molecular flexibility index (Phi) is 4.92. The lowest BCUT2D eigenvalue weighted by atomic mass is 10.1. The molecule has 0 bridgehead atoms. The molecule has 4 nitrogen and oxygen atoms in total. The molecule has 0 amide bonds. The van der Waals surface area contributed by atoms with Crippen LogP contribution in [0.3, 0.4) is 0 Å². The summed E-state index contributed by atoms with van der Waals surface area (Å²) in [6.07, 6.45) is 1.94. The van der Waals surface area contributed by atoms with Crippen molar-refractivity contribution in [2.45, 2.75) is 18.9 Å². The number of hydrogen-bond donors (Lipinski definition) is 2. The molecule has 1 aromatic rings. The molecule has 13 heavy (non-hydrogen) atoms. The molecule has 0 saturated carbocycles. The molecule has 0 aromatic carbocycles. The second-order valence-electron chi connectivity index (χ2n) is 2.77. The Balaban J connectivity index is 2.35. The SMILES string of the molecule is COCCCC(NN)c1cscn1. The zero-order chi connectivity index (χ0) is 9.52. The maximum absolute atomic E-state index is 5.42. The third-order valence-corrected chi connectivity index (χ3v) is 2.46. The third kappa shape index (κ3) is 3.40. The number of ether oxygens (including phenoxy) is 1. The van der Waals surface area contributed by atoms with Gasteiger partial charge in [0.1, 0.15) is 0 Å². The first-order valence-corrected chi connectivity index (χ1v) is 5.16. The van der Waals surface area contributed by atoms with Crippen molar-refractivity contribution in [2.75, 3.05) is 13.7 Å². The van der Waals surface area contributed by atoms with E-state index in [1.165, 1.54) is 0 Å². The number of rotatable bonds is 6. The summed E-state index contributed by atoms with van der Waals surface area (Å²) in [5, 5.41) is 2.01. The van der Waals surface area contributed by atoms with Crippen LogP contribution in [0.1, 0.15) is 24.6 Å². The molecule has 1 unspecified atom stereocenters. The molecule has 1 rings (SSSR count). The monoisotopic (exact) mass is 201 g/mol. The van der Waals surface area contributed by atoms with Crippen LogP contribution >= 0.6 is 11.3 Å². The largest absolute Gasteiger partial charge is 0.385 e. The highest BCUT2D eigenvalue weighted by Gasteiger charge is 2.10. The van der Waals surface area contributed by atoms with Gasteiger partial charge >= 0.3 is 0 Å². The van der Waals surface area contributed by atoms with Crippen molar-refractivity contribution in [3.8, 4) is 0 Å². The summed E-state index contributed by atoms with van der Waals surface area (Å²) in [5.41, 5.74) is 5.58. The van der Waals surface area contributed by atoms with Crippen molar-refractivity contribution < 1.29 is 4.74 Å². The molecule has 1 aromatic heterocycles. The first-order valence-electron chi connectivity index (χ1n) is 4.21. The van der Waals surface area contributed by atoms with Crippen molar-refractivity contribution in [1.29, 1.82) is 0 Å². The summed E-state index contributed by atoms with van der Waals surface area (Å²) >= 11 is 1.58. The number of aromatic nitrogens is 1. The van der Waals surface area contributed by atoms with Gasteiger partial charge in [-0.2, -0.15) is 0 Å². The molecule has 1 atom stereocenters. The molecule has 1 heterocycles. The van der Waals surface area contributed by atoms with Gasteiger partial charge < -0.3 is 4.74 Å². The van der Waals surface area contributed by atoms with Crippen LogP contribution in [0.4, 0.5) is 0 Å². The van der Waals surface area contributed by atoms with Crippen molar-refractivity contribution >= 4 is 11.3 Å². The second kappa shape index (κ2) is 6.04. The Bertz CT molecular complexity index is 215. The average molecular weight is 201 g/mol. The van der Waals surface area contributed by atoms with E-state index < -0.39 is 0 Å². The number of nitrogens with two attached hydrogens (primary N) is 1. The number of nitrogens with one attached hydrogen (secondary N) is 1. The van der Waals surface area contributed by atoms with Gasteiger partial charge in [0.15, 0.2) is 0 Å². The molecule has 0 spiro atoms. The van der Waals surface area contributed by atoms with Crippen molar-refractivity contribution in [1.82, 2.24) is 10.4 Å². The fourth-order valence-electron chi connectivity index (χ4n) is 1.14. The smallest absolute Gasteiger partial charge is 0.0795 e. The Morgan fingerprint density at radius 2 is 2.62 bits per heavy atom. The topological polar surface area (TPSA) is 60.2 Å². The highest BCUT2D eigenvalue weighted by Crippen LogP contribution is 2.16. The predicted octanol–water partition coefficient (Wildman–Crippen LogP) is 1.07. The van der Waals surface area contributed by atoms with E-state index in [0.29, 0.717) is 0 Å². The van der Waals surface area contributed by atoms with Crippen LogP contribution in [-0.4, -0.2) is 18.7 Å². The Hall–Kier alpha value is -0.490. The van der Waals surface area contributed by atoms with Gasteiger partial charge in [-0.1, -0.05) is 0 Å². The van der Waals surface area contributed by atoms with Crippen molar-refractivity contribution in [2.24, 2.45) is 5.84 Å². The molecular weight excluding hydrogens is 186 g/mol. The summed E-state index contributed by atoms with van der Waals surface area (Å²) in [4.78, 5) is 4.20. The molecule has 0 radical (unpaired) electrons. The first-order chi connectivity index (χ1) is 6.38. The lowest BCUT2D eigenvalue weighted by Gasteiger charge is -2.12. The summed E-state index contributed by atoms with van der Waals surface area (Å²) in [5.74, 6) is 5.42. The van der Waals surface area contributed by atoms with E-state index in [1.54, 1.807) is 18.4 Å². The summed E-state index contributed by atoms with van der Waals surface area (Å²) in [6.45, 7) is 0.766. The van der Waals surface area contributed by atoms with Gasteiger partial charge in [-0.3, -0.25) is 11.3 Å². The average Bonchev–Trinajstić information content (AvgIpc) is 2.65. The zero-order valence-corrected chi connectivity index (χ0v) is 8.51. The third-order valence-electron chi connectivity index (χ3n) is 1.85. The normalized spacial score (nSPS) is 13.1. The maximum atomic E-state index is 5.42. The number of nitrogens with zero attached hydrogens (tertiary/aromatic N) is 1. The Morgan fingerprint density at radius 1 is 1.77 bits per heavy atom. The molecule has 0 aliphatic rings. The minimum atomic E-state index is 0.154. The molecule has 74 valence electrons. The summed E-state index contributed by atoms with van der Waals surface area (Å²) in [7, 11) is 1.70. The number of hydrogen-bond acceptors (Lipinski definition) is 5. The van der Waals surface area contributed by atoms with Gasteiger partial charge in [0.2, 0.25) is 0 Å². The molecule has 0 aliphatic heterocycles. The number of methoxy groups -OCH3 is 1. The zero-order valence-electron chi connectivity index (χ0n) is 7.69. The van der Waals surface area contributed by atoms with Crippen LogP contribution in [-0.2, 0) is 4.74 Å². The molecule has 0 saturated heterocycles. The quantitative estimate of drug-likeness (QED) is 0.411. The van der Waals surface area contributed by atoms with Gasteiger partial charge in [-0.25, -0.2) is 4.98 Å². The van der Waals surface area contributed by atoms with Crippen LogP contribution in [0.2, 0.25) is 0 Å². The first kappa shape index (κ1) is 10.6. The van der Waals surface area contributed by atoms with E-state index in [0.717, 1.165) is 25.1 Å². The lowest BCUT2D eigenvalue weighted by Crippen LogP contribution is -2.28. The van der Waals surface area contributed by atoms with E-state index >= 15 is 0 Å². The minimum Gasteiger partial charge on any atom is -0.385 e. The van der Waals surface area contributed by atoms with E-state index in [4.69, 9.17) is 10.6 Å². The van der Waals surface area contributed by atoms with E-state index in [-0.39, 0.29) is 6.04 Å². The molecule has 3 N–H and O–H groups in total. The van der Waals surface area contributed by atoms with Crippen LogP contribution in [0.5, 0.6) is 0 Å². The molecule has 0 aliphatic carbocycles. The highest BCUT2D eigenvalue weighted by molar-refractivity contribution is 7.07. The molecule has 0 fully saturated rings. The van der Waals surface area contributed by atoms with Crippen LogP contribution in [0, 0.1) is 0 Å². The molecule has 5 heteroatoms. The Morgan fingerprint density at radius 3 is 3.15 bits per heavy atom. The van der Waals surface area contributed by atoms with Gasteiger partial charge in [0, 0.05) is 19.1 Å². The highest BCUT2D eigenvalue weighted by atomic mass is 32.1. The predicted molar refractivity (Wildman–Crippen MR) is 53.3 cm³/mol. The summed E-state index contributed by atoms with van der Waals surface area (Å²) < 4.78 is 4.97. The molecular formula is C8H15N3OS. The van der Waals surface area contributed by atoms with E-state index in [1.807, 2.05) is 10.9 Å². The van der Waals surface area contributed by atoms with E-state index in [2.05, 4.69) is 10.4 Å². The van der Waals surface area contributed by atoms with Gasteiger partial charge in [0.25, 0.3) is 0 Å². The number of thiazole rings is 1. The van der Waals surface area contributed by atoms with E-state index in [9.17, 15) is 0 Å². The van der Waals surface area contributed by atoms with Crippen LogP contribution < -0.4 is 11.3 Å². The fourth-order valence-corrected chi connectivity index (χ4v) is 1.75. The van der Waals surface area contributed by atoms with Gasteiger partial charge in [-0.05, 0) is 12.8 Å². The second-order valence-corrected chi connectivity index (χ2v) is 3.49. The van der Waals surface area contributed by atoms with Crippen LogP contribution in [0.15, 0.2) is 10.9 Å². The minimum absolute atomic E-state index is 0.154. The maximum Gasteiger partial charge on any atom is 0.0795 e. The Labute approximate surface area is 82.1 Å². The number of hydrazine groups is 1. The van der Waals surface area contributed by atoms with Crippen molar-refractivity contribution in [3.05, 3.63) is 16.6 Å². The van der Waals surface area contributed by atoms with Crippen molar-refractivity contribution in [3.63, 3.8) is 0 Å². The fraction of sp³-hybridized carbons (Fsp3) is 0.625.